The van der Waals surface area contributed by atoms with Gasteiger partial charge in [-0.3, -0.25) is 19.2 Å². The maximum absolute atomic E-state index is 12.5. The number of urea groups is 1. The predicted molar refractivity (Wildman–Crippen MR) is 124 cm³/mol. The summed E-state index contributed by atoms with van der Waals surface area (Å²) in [5, 5.41) is 33.7. The van der Waals surface area contributed by atoms with Crippen molar-refractivity contribution in [1.29, 1.82) is 0 Å². The number of rotatable bonds is 19. The van der Waals surface area contributed by atoms with E-state index >= 15 is 0 Å². The molecule has 0 aromatic carbocycles. The Morgan fingerprint density at radius 3 is 1.69 bits per heavy atom. The lowest BCUT2D eigenvalue weighted by Crippen LogP contribution is -2.54. The number of ketones is 1. The number of nitrogens with zero attached hydrogens (tertiary/aromatic N) is 2. The van der Waals surface area contributed by atoms with Crippen molar-refractivity contribution in [3.63, 3.8) is 0 Å². The van der Waals surface area contributed by atoms with Crippen LogP contribution in [0.2, 0.25) is 0 Å². The Bertz CT molecular complexity index is 747. The maximum atomic E-state index is 12.5. The number of aliphatic carboxylic acids is 3. The molecule has 0 aliphatic rings. The van der Waals surface area contributed by atoms with Crippen molar-refractivity contribution in [2.75, 3.05) is 46.8 Å². The molecule has 0 saturated carbocycles. The Morgan fingerprint density at radius 2 is 1.20 bits per heavy atom. The number of Topliss-reactive ketones (excluding diaryl/α,β-unsaturated/α-hetero) is 1. The normalized spacial score (nSPS) is 12.6. The van der Waals surface area contributed by atoms with E-state index in [0.29, 0.717) is 32.6 Å². The first-order valence-electron chi connectivity index (χ1n) is 11.2. The zero-order valence-electron chi connectivity index (χ0n) is 20.4. The minimum Gasteiger partial charge on any atom is -0.481 e. The first kappa shape index (κ1) is 31.7. The van der Waals surface area contributed by atoms with Crippen molar-refractivity contribution in [1.82, 2.24) is 25.8 Å². The second-order valence-corrected chi connectivity index (χ2v) is 8.28. The van der Waals surface area contributed by atoms with Gasteiger partial charge in [-0.05, 0) is 33.9 Å². The summed E-state index contributed by atoms with van der Waals surface area (Å²) in [6.45, 7) is 4.27. The van der Waals surface area contributed by atoms with Crippen molar-refractivity contribution in [2.24, 2.45) is 0 Å². The van der Waals surface area contributed by atoms with Gasteiger partial charge in [-0.1, -0.05) is 0 Å². The third kappa shape index (κ3) is 16.9. The van der Waals surface area contributed by atoms with E-state index in [1.54, 1.807) is 0 Å². The first-order chi connectivity index (χ1) is 16.3. The summed E-state index contributed by atoms with van der Waals surface area (Å²) in [6.07, 6.45) is -1.01. The molecule has 0 unspecified atom stereocenters. The molecule has 0 aliphatic carbocycles. The molecule has 0 heterocycles. The second kappa shape index (κ2) is 17.2. The van der Waals surface area contributed by atoms with Crippen LogP contribution in [0.5, 0.6) is 0 Å². The second-order valence-electron chi connectivity index (χ2n) is 8.28. The third-order valence-electron chi connectivity index (χ3n) is 5.02. The average Bonchev–Trinajstić information content (AvgIpc) is 2.75. The summed E-state index contributed by atoms with van der Waals surface area (Å²) in [7, 11) is 3.75. The Labute approximate surface area is 204 Å². The van der Waals surface area contributed by atoms with Gasteiger partial charge in [0.2, 0.25) is 5.91 Å². The number of hydrogen-bond donors (Lipinski definition) is 6. The Hall–Kier alpha value is -3.26. The molecule has 14 heteroatoms. The Balaban J connectivity index is 4.71. The van der Waals surface area contributed by atoms with Crippen LogP contribution in [-0.2, 0) is 24.0 Å². The summed E-state index contributed by atoms with van der Waals surface area (Å²) >= 11 is 0. The third-order valence-corrected chi connectivity index (χ3v) is 5.02. The van der Waals surface area contributed by atoms with E-state index in [1.807, 2.05) is 23.9 Å². The smallest absolute Gasteiger partial charge is 0.326 e. The van der Waals surface area contributed by atoms with Crippen LogP contribution in [0.3, 0.4) is 0 Å². The highest BCUT2D eigenvalue weighted by Gasteiger charge is 2.25. The highest BCUT2D eigenvalue weighted by Crippen LogP contribution is 2.01. The molecule has 0 spiro atoms. The molecule has 0 aliphatic heterocycles. The fourth-order valence-electron chi connectivity index (χ4n) is 2.83. The Kier molecular flexibility index (Phi) is 15.6. The number of amides is 3. The van der Waals surface area contributed by atoms with E-state index in [2.05, 4.69) is 16.0 Å². The van der Waals surface area contributed by atoms with Gasteiger partial charge in [0, 0.05) is 52.0 Å². The van der Waals surface area contributed by atoms with Crippen LogP contribution in [0, 0.1) is 0 Å². The molecule has 200 valence electrons. The lowest BCUT2D eigenvalue weighted by Gasteiger charge is -2.23. The first-order valence-corrected chi connectivity index (χ1v) is 11.2. The minimum atomic E-state index is -1.49. The largest absolute Gasteiger partial charge is 0.481 e. The van der Waals surface area contributed by atoms with Crippen LogP contribution in [0.1, 0.15) is 39.0 Å². The van der Waals surface area contributed by atoms with Crippen LogP contribution >= 0.6 is 0 Å². The van der Waals surface area contributed by atoms with Gasteiger partial charge in [0.15, 0.2) is 0 Å². The molecule has 0 fully saturated rings. The predicted octanol–water partition coefficient (Wildman–Crippen LogP) is -1.20. The van der Waals surface area contributed by atoms with Crippen molar-refractivity contribution < 1.29 is 44.1 Å². The molecule has 0 aromatic rings. The molecule has 2 atom stereocenters. The van der Waals surface area contributed by atoms with Crippen LogP contribution in [0.25, 0.3) is 0 Å². The summed E-state index contributed by atoms with van der Waals surface area (Å²) in [5.41, 5.74) is 0. The number of carboxylic acids is 3. The van der Waals surface area contributed by atoms with Gasteiger partial charge in [0.25, 0.3) is 0 Å². The van der Waals surface area contributed by atoms with Gasteiger partial charge in [-0.15, -0.1) is 0 Å². The van der Waals surface area contributed by atoms with E-state index in [1.165, 1.54) is 6.92 Å². The molecule has 35 heavy (non-hydrogen) atoms. The van der Waals surface area contributed by atoms with E-state index in [-0.39, 0.29) is 25.2 Å². The zero-order chi connectivity index (χ0) is 27.0. The molecule has 0 bridgehead atoms. The van der Waals surface area contributed by atoms with E-state index in [9.17, 15) is 28.8 Å². The van der Waals surface area contributed by atoms with Gasteiger partial charge in [0.05, 0.1) is 0 Å². The van der Waals surface area contributed by atoms with Crippen molar-refractivity contribution >= 4 is 35.6 Å². The summed E-state index contributed by atoms with van der Waals surface area (Å²) in [4.78, 5) is 72.5. The number of carbonyl (C=O) groups excluding carboxylic acids is 3. The molecule has 14 nitrogen and oxygen atoms in total. The van der Waals surface area contributed by atoms with Gasteiger partial charge < -0.3 is 41.1 Å². The zero-order valence-corrected chi connectivity index (χ0v) is 20.4. The summed E-state index contributed by atoms with van der Waals surface area (Å²) < 4.78 is 0. The van der Waals surface area contributed by atoms with Crippen LogP contribution < -0.4 is 16.0 Å². The van der Waals surface area contributed by atoms with Gasteiger partial charge >= 0.3 is 23.9 Å². The summed E-state index contributed by atoms with van der Waals surface area (Å²) in [5.74, 6) is -4.37. The molecule has 0 rings (SSSR count). The molecule has 0 saturated heterocycles. The monoisotopic (exact) mass is 503 g/mol. The molecule has 6 N–H and O–H groups in total. The highest BCUT2D eigenvalue weighted by atomic mass is 16.4. The van der Waals surface area contributed by atoms with E-state index < -0.39 is 54.8 Å². The van der Waals surface area contributed by atoms with E-state index in [0.717, 1.165) is 0 Å². The average molecular weight is 504 g/mol. The summed E-state index contributed by atoms with van der Waals surface area (Å²) in [6, 6.07) is -3.75. The maximum Gasteiger partial charge on any atom is 0.326 e. The quantitative estimate of drug-likeness (QED) is 0.123. The number of carbonyl (C=O) groups is 6. The van der Waals surface area contributed by atoms with Crippen molar-refractivity contribution in [2.45, 2.75) is 51.1 Å². The molecule has 3 amide bonds. The Morgan fingerprint density at radius 1 is 0.714 bits per heavy atom. The standard InChI is InChI=1S/C21H37N5O9/c1-14(27)8-10-25(2)12-13-26(3)11-9-22-19(32)15(4-6-17(28)29)23-21(35)24-16(20(33)34)5-7-18(30)31/h15-16H,4-13H2,1-3H3,(H,22,32)(H,28,29)(H,30,31)(H,33,34)(H2,23,24,35)/t15-,16-/m0/s1. The van der Waals surface area contributed by atoms with Gasteiger partial charge in [-0.25, -0.2) is 9.59 Å². The number of likely N-dealkylation sites (N-methyl/N-ethyl adjacent to an activating group) is 2. The molecule has 0 radical (unpaired) electrons. The lowest BCUT2D eigenvalue weighted by atomic mass is 10.1. The topological polar surface area (TPSA) is 206 Å². The molecular weight excluding hydrogens is 466 g/mol. The lowest BCUT2D eigenvalue weighted by molar-refractivity contribution is -0.141. The molecular formula is C21H37N5O9. The number of hydrogen-bond acceptors (Lipinski definition) is 8. The van der Waals surface area contributed by atoms with Crippen LogP contribution in [-0.4, -0.2) is 120 Å². The van der Waals surface area contributed by atoms with E-state index in [4.69, 9.17) is 15.3 Å². The van der Waals surface area contributed by atoms with Crippen LogP contribution in [0.4, 0.5) is 4.79 Å². The van der Waals surface area contributed by atoms with Crippen molar-refractivity contribution in [3.8, 4) is 0 Å². The number of carboxylic acid groups (broad SMARTS) is 3. The van der Waals surface area contributed by atoms with Crippen LogP contribution in [0.15, 0.2) is 0 Å². The molecule has 0 aromatic heterocycles. The van der Waals surface area contributed by atoms with Crippen molar-refractivity contribution in [3.05, 3.63) is 0 Å². The fraction of sp³-hybridized carbons (Fsp3) is 0.714. The van der Waals surface area contributed by atoms with Gasteiger partial charge in [-0.2, -0.15) is 0 Å². The number of nitrogens with one attached hydrogen (secondary N) is 3. The van der Waals surface area contributed by atoms with Gasteiger partial charge in [0.1, 0.15) is 17.9 Å². The fourth-order valence-corrected chi connectivity index (χ4v) is 2.83. The highest BCUT2D eigenvalue weighted by molar-refractivity contribution is 5.89. The minimum absolute atomic E-state index is 0.117. The SMILES string of the molecule is CC(=O)CCN(C)CCN(C)CCNC(=O)[C@H](CCC(=O)O)NC(=O)N[C@@H](CCC(=O)O)C(=O)O.